The van der Waals surface area contributed by atoms with Gasteiger partial charge in [0.2, 0.25) is 0 Å². The maximum absolute atomic E-state index is 12.5. The first-order chi connectivity index (χ1) is 10.1. The number of hydrogen-bond donors (Lipinski definition) is 2. The molecule has 21 heavy (non-hydrogen) atoms. The summed E-state index contributed by atoms with van der Waals surface area (Å²) < 4.78 is 0. The second-order valence-electron chi connectivity index (χ2n) is 6.77. The number of aliphatic carboxylic acids is 1. The third-order valence-electron chi connectivity index (χ3n) is 5.26. The van der Waals surface area contributed by atoms with Gasteiger partial charge in [0, 0.05) is 25.7 Å². The van der Waals surface area contributed by atoms with Crippen LogP contribution in [0.3, 0.4) is 0 Å². The van der Waals surface area contributed by atoms with Crippen molar-refractivity contribution in [2.45, 2.75) is 56.5 Å². The maximum atomic E-state index is 12.5. The van der Waals surface area contributed by atoms with Crippen LogP contribution in [0, 0.1) is 0 Å². The van der Waals surface area contributed by atoms with Crippen LogP contribution in [0.5, 0.6) is 0 Å². The third kappa shape index (κ3) is 3.15. The molecule has 2 aliphatic heterocycles. The first-order valence-corrected chi connectivity index (χ1v) is 8.11. The van der Waals surface area contributed by atoms with Crippen molar-refractivity contribution in [2.24, 2.45) is 0 Å². The Morgan fingerprint density at radius 3 is 2.57 bits per heavy atom. The van der Waals surface area contributed by atoms with Crippen LogP contribution in [0.2, 0.25) is 0 Å². The molecule has 1 saturated carbocycles. The second-order valence-corrected chi connectivity index (χ2v) is 6.77. The molecule has 0 aromatic rings. The maximum Gasteiger partial charge on any atom is 0.317 e. The molecule has 1 unspecified atom stereocenters. The fourth-order valence-corrected chi connectivity index (χ4v) is 3.94. The Balaban J connectivity index is 1.60. The minimum absolute atomic E-state index is 0.0438. The van der Waals surface area contributed by atoms with Crippen molar-refractivity contribution >= 4 is 12.0 Å². The van der Waals surface area contributed by atoms with Crippen LogP contribution in [0.1, 0.15) is 44.9 Å². The van der Waals surface area contributed by atoms with Crippen molar-refractivity contribution in [1.29, 1.82) is 0 Å². The number of amides is 2. The number of nitrogens with zero attached hydrogens (tertiary/aromatic N) is 2. The van der Waals surface area contributed by atoms with Crippen molar-refractivity contribution < 1.29 is 14.7 Å². The van der Waals surface area contributed by atoms with Crippen LogP contribution in [0.25, 0.3) is 0 Å². The number of carboxylic acids is 1. The second kappa shape index (κ2) is 5.83. The molecule has 118 valence electrons. The van der Waals surface area contributed by atoms with Gasteiger partial charge in [0.05, 0.1) is 12.0 Å². The molecule has 2 N–H and O–H groups in total. The standard InChI is InChI=1S/C15H25N3O3/c19-13(20)10-15(5-2-6-15)16-14(21)18-9-3-8-17-7-1-4-12(17)11-18/h12H,1-11H2,(H,16,21)(H,19,20). The van der Waals surface area contributed by atoms with E-state index in [1.165, 1.54) is 12.8 Å². The Bertz CT molecular complexity index is 422. The summed E-state index contributed by atoms with van der Waals surface area (Å²) in [5.41, 5.74) is -0.495. The molecule has 0 spiro atoms. The molecule has 2 saturated heterocycles. The number of carbonyl (C=O) groups excluding carboxylic acids is 1. The highest BCUT2D eigenvalue weighted by atomic mass is 16.4. The molecule has 2 heterocycles. The van der Waals surface area contributed by atoms with E-state index in [1.54, 1.807) is 0 Å². The van der Waals surface area contributed by atoms with Crippen LogP contribution in [-0.2, 0) is 4.79 Å². The lowest BCUT2D eigenvalue weighted by Crippen LogP contribution is -2.58. The summed E-state index contributed by atoms with van der Waals surface area (Å²) in [6.45, 7) is 3.80. The lowest BCUT2D eigenvalue weighted by molar-refractivity contribution is -0.139. The van der Waals surface area contributed by atoms with Crippen molar-refractivity contribution in [3.8, 4) is 0 Å². The lowest BCUT2D eigenvalue weighted by Gasteiger charge is -2.42. The summed E-state index contributed by atoms with van der Waals surface area (Å²) in [6, 6.07) is 0.430. The molecule has 3 fully saturated rings. The van der Waals surface area contributed by atoms with Crippen molar-refractivity contribution in [3.63, 3.8) is 0 Å². The van der Waals surface area contributed by atoms with Gasteiger partial charge in [-0.25, -0.2) is 4.79 Å². The van der Waals surface area contributed by atoms with Crippen LogP contribution in [-0.4, -0.2) is 64.7 Å². The van der Waals surface area contributed by atoms with Crippen LogP contribution < -0.4 is 5.32 Å². The van der Waals surface area contributed by atoms with E-state index in [1.807, 2.05) is 4.90 Å². The van der Waals surface area contributed by atoms with Crippen LogP contribution >= 0.6 is 0 Å². The summed E-state index contributed by atoms with van der Waals surface area (Å²) in [4.78, 5) is 27.9. The molecule has 6 nitrogen and oxygen atoms in total. The van der Waals surface area contributed by atoms with E-state index in [2.05, 4.69) is 10.2 Å². The van der Waals surface area contributed by atoms with Crippen LogP contribution in [0.4, 0.5) is 4.79 Å². The van der Waals surface area contributed by atoms with Crippen molar-refractivity contribution in [2.75, 3.05) is 26.2 Å². The first-order valence-electron chi connectivity index (χ1n) is 8.11. The summed E-state index contributed by atoms with van der Waals surface area (Å²) in [7, 11) is 0. The molecule has 0 radical (unpaired) electrons. The Hall–Kier alpha value is -1.30. The largest absolute Gasteiger partial charge is 0.481 e. The molecule has 1 aliphatic carbocycles. The molecule has 0 aromatic carbocycles. The van der Waals surface area contributed by atoms with E-state index in [-0.39, 0.29) is 12.5 Å². The van der Waals surface area contributed by atoms with E-state index in [9.17, 15) is 9.59 Å². The molecule has 3 rings (SSSR count). The van der Waals surface area contributed by atoms with Gasteiger partial charge in [-0.2, -0.15) is 0 Å². The molecular weight excluding hydrogens is 270 g/mol. The lowest BCUT2D eigenvalue weighted by atomic mass is 9.74. The van der Waals surface area contributed by atoms with E-state index >= 15 is 0 Å². The predicted octanol–water partition coefficient (Wildman–Crippen LogP) is 1.26. The Morgan fingerprint density at radius 2 is 1.90 bits per heavy atom. The predicted molar refractivity (Wildman–Crippen MR) is 78.2 cm³/mol. The monoisotopic (exact) mass is 295 g/mol. The van der Waals surface area contributed by atoms with E-state index in [0.29, 0.717) is 6.04 Å². The van der Waals surface area contributed by atoms with E-state index < -0.39 is 11.5 Å². The van der Waals surface area contributed by atoms with Gasteiger partial charge >= 0.3 is 12.0 Å². The number of rotatable bonds is 3. The number of nitrogens with one attached hydrogen (secondary N) is 1. The molecule has 6 heteroatoms. The summed E-state index contributed by atoms with van der Waals surface area (Å²) in [5.74, 6) is -0.826. The fourth-order valence-electron chi connectivity index (χ4n) is 3.94. The Morgan fingerprint density at radius 1 is 1.14 bits per heavy atom. The van der Waals surface area contributed by atoms with Gasteiger partial charge in [-0.05, 0) is 45.1 Å². The number of hydrogen-bond acceptors (Lipinski definition) is 3. The van der Waals surface area contributed by atoms with Gasteiger partial charge in [0.25, 0.3) is 0 Å². The van der Waals surface area contributed by atoms with Crippen LogP contribution in [0.15, 0.2) is 0 Å². The summed E-state index contributed by atoms with van der Waals surface area (Å²) in [5, 5.41) is 12.1. The molecule has 0 aromatic heterocycles. The highest BCUT2D eigenvalue weighted by Crippen LogP contribution is 2.35. The Kier molecular flexibility index (Phi) is 4.06. The average Bonchev–Trinajstić information content (AvgIpc) is 2.72. The minimum Gasteiger partial charge on any atom is -0.481 e. The highest BCUT2D eigenvalue weighted by molar-refractivity contribution is 5.77. The Labute approximate surface area is 125 Å². The van der Waals surface area contributed by atoms with Gasteiger partial charge in [0.1, 0.15) is 0 Å². The SMILES string of the molecule is O=C(O)CC1(NC(=O)N2CCCN3CCCC3C2)CCC1. The molecule has 0 bridgehead atoms. The molecule has 2 amide bonds. The third-order valence-corrected chi connectivity index (χ3v) is 5.26. The van der Waals surface area contributed by atoms with Gasteiger partial charge in [0.15, 0.2) is 0 Å². The van der Waals surface area contributed by atoms with Crippen molar-refractivity contribution in [3.05, 3.63) is 0 Å². The highest BCUT2D eigenvalue weighted by Gasteiger charge is 2.41. The van der Waals surface area contributed by atoms with Gasteiger partial charge in [-0.1, -0.05) is 0 Å². The zero-order chi connectivity index (χ0) is 14.9. The number of fused-ring (bicyclic) bond motifs is 1. The minimum atomic E-state index is -0.826. The van der Waals surface area contributed by atoms with Gasteiger partial charge in [-0.15, -0.1) is 0 Å². The molecule has 3 aliphatic rings. The topological polar surface area (TPSA) is 72.9 Å². The normalized spacial score (nSPS) is 28.4. The molecule has 1 atom stereocenters. The van der Waals surface area contributed by atoms with Gasteiger partial charge in [-0.3, -0.25) is 9.69 Å². The zero-order valence-electron chi connectivity index (χ0n) is 12.5. The number of urea groups is 1. The fraction of sp³-hybridized carbons (Fsp3) is 0.867. The number of carbonyl (C=O) groups is 2. The van der Waals surface area contributed by atoms with Gasteiger partial charge < -0.3 is 15.3 Å². The summed E-state index contributed by atoms with van der Waals surface area (Å²) in [6.07, 6.45) is 6.03. The van der Waals surface area contributed by atoms with E-state index in [0.717, 1.165) is 51.9 Å². The molecular formula is C15H25N3O3. The summed E-state index contributed by atoms with van der Waals surface area (Å²) >= 11 is 0. The first kappa shape index (κ1) is 14.6. The van der Waals surface area contributed by atoms with E-state index in [4.69, 9.17) is 5.11 Å². The van der Waals surface area contributed by atoms with Crippen molar-refractivity contribution in [1.82, 2.24) is 15.1 Å². The smallest absolute Gasteiger partial charge is 0.317 e. The average molecular weight is 295 g/mol. The zero-order valence-corrected chi connectivity index (χ0v) is 12.5. The quantitative estimate of drug-likeness (QED) is 0.822. The number of carboxylic acid groups (broad SMARTS) is 1.